The summed E-state index contributed by atoms with van der Waals surface area (Å²) < 4.78 is 12.0. The predicted molar refractivity (Wildman–Crippen MR) is 111 cm³/mol. The van der Waals surface area contributed by atoms with Crippen LogP contribution < -0.4 is 10.2 Å². The Morgan fingerprint density at radius 1 is 1.07 bits per heavy atom. The van der Waals surface area contributed by atoms with E-state index in [1.54, 1.807) is 54.0 Å². The summed E-state index contributed by atoms with van der Waals surface area (Å²) in [6.45, 7) is 4.05. The number of ether oxygens (including phenoxy) is 2. The highest BCUT2D eigenvalue weighted by molar-refractivity contribution is 6.32. The summed E-state index contributed by atoms with van der Waals surface area (Å²) in [4.78, 5) is 37.7. The fraction of sp³-hybridized carbons (Fsp3) is 0.227. The molecule has 0 unspecified atom stereocenters. The van der Waals surface area contributed by atoms with Crippen LogP contribution in [-0.2, 0) is 11.3 Å². The van der Waals surface area contributed by atoms with E-state index in [2.05, 4.69) is 0 Å². The van der Waals surface area contributed by atoms with E-state index in [9.17, 15) is 14.4 Å². The number of carbonyl (C=O) groups excluding carboxylic acids is 2. The van der Waals surface area contributed by atoms with Crippen LogP contribution in [0.3, 0.4) is 0 Å². The quantitative estimate of drug-likeness (QED) is 0.430. The maximum atomic E-state index is 12.9. The Kier molecular flexibility index (Phi) is 6.34. The molecule has 3 aromatic rings. The molecule has 0 N–H and O–H groups in total. The second kappa shape index (κ2) is 8.92. The van der Waals surface area contributed by atoms with E-state index in [0.29, 0.717) is 33.8 Å². The van der Waals surface area contributed by atoms with Crippen molar-refractivity contribution in [3.8, 4) is 5.75 Å². The molecule has 0 atom stereocenters. The van der Waals surface area contributed by atoms with Crippen LogP contribution in [0.15, 0.2) is 53.5 Å². The molecular weight excluding hydrogens is 394 g/mol. The largest absolute Gasteiger partial charge is 0.492 e. The minimum atomic E-state index is -0.714. The van der Waals surface area contributed by atoms with Gasteiger partial charge in [0.25, 0.3) is 0 Å². The highest BCUT2D eigenvalue weighted by atomic mass is 35.5. The first-order valence-electron chi connectivity index (χ1n) is 9.21. The lowest BCUT2D eigenvalue weighted by molar-refractivity contribution is 0.0523. The van der Waals surface area contributed by atoms with Gasteiger partial charge in [0, 0.05) is 17.1 Å². The first-order valence-corrected chi connectivity index (χ1v) is 9.58. The molecule has 0 saturated heterocycles. The highest BCUT2D eigenvalue weighted by Gasteiger charge is 2.18. The molecule has 0 spiro atoms. The molecule has 1 aromatic heterocycles. The van der Waals surface area contributed by atoms with Crippen molar-refractivity contribution in [1.29, 1.82) is 0 Å². The zero-order valence-electron chi connectivity index (χ0n) is 16.1. The van der Waals surface area contributed by atoms with Crippen LogP contribution in [0.2, 0.25) is 5.02 Å². The molecule has 0 aliphatic carbocycles. The summed E-state index contributed by atoms with van der Waals surface area (Å²) in [6.07, 6.45) is 1.37. The topological polar surface area (TPSA) is 74.6 Å². The Morgan fingerprint density at radius 3 is 2.52 bits per heavy atom. The van der Waals surface area contributed by atoms with Crippen LogP contribution in [0.5, 0.6) is 5.75 Å². The molecule has 7 heteroatoms. The number of hydrogen-bond acceptors (Lipinski definition) is 5. The molecule has 6 nitrogen and oxygen atoms in total. The van der Waals surface area contributed by atoms with Crippen molar-refractivity contribution in [2.24, 2.45) is 0 Å². The molecule has 0 radical (unpaired) electrons. The van der Waals surface area contributed by atoms with E-state index in [4.69, 9.17) is 21.1 Å². The van der Waals surface area contributed by atoms with E-state index < -0.39 is 11.4 Å². The van der Waals surface area contributed by atoms with Gasteiger partial charge in [-0.3, -0.25) is 9.59 Å². The van der Waals surface area contributed by atoms with Crippen LogP contribution in [0, 0.1) is 0 Å². The normalized spacial score (nSPS) is 10.7. The van der Waals surface area contributed by atoms with E-state index >= 15 is 0 Å². The number of nitrogens with zero attached hydrogens (tertiary/aromatic N) is 1. The minimum absolute atomic E-state index is 0.0719. The van der Waals surface area contributed by atoms with Crippen molar-refractivity contribution in [2.75, 3.05) is 13.2 Å². The van der Waals surface area contributed by atoms with Crippen LogP contribution >= 0.6 is 11.6 Å². The van der Waals surface area contributed by atoms with Crippen molar-refractivity contribution in [2.45, 2.75) is 20.4 Å². The molecule has 29 heavy (non-hydrogen) atoms. The minimum Gasteiger partial charge on any atom is -0.492 e. The number of rotatable bonds is 7. The summed E-state index contributed by atoms with van der Waals surface area (Å²) in [5.74, 6) is -0.434. The maximum absolute atomic E-state index is 12.9. The lowest BCUT2D eigenvalue weighted by Crippen LogP contribution is -2.22. The number of hydrogen-bond donors (Lipinski definition) is 0. The van der Waals surface area contributed by atoms with Gasteiger partial charge in [-0.15, -0.1) is 0 Å². The lowest BCUT2D eigenvalue weighted by atomic mass is 10.1. The predicted octanol–water partition coefficient (Wildman–Crippen LogP) is 4.11. The Labute approximate surface area is 172 Å². The summed E-state index contributed by atoms with van der Waals surface area (Å²) in [6, 6.07) is 11.6. The second-order valence-corrected chi connectivity index (χ2v) is 6.65. The number of Topliss-reactive ketones (excluding diaryl/α,β-unsaturated/α-hetero) is 1. The monoisotopic (exact) mass is 413 g/mol. The fourth-order valence-corrected chi connectivity index (χ4v) is 3.26. The van der Waals surface area contributed by atoms with E-state index in [1.165, 1.54) is 6.20 Å². The third-order valence-electron chi connectivity index (χ3n) is 4.35. The molecule has 0 aliphatic rings. The van der Waals surface area contributed by atoms with Gasteiger partial charge >= 0.3 is 5.97 Å². The first-order chi connectivity index (χ1) is 14.0. The average molecular weight is 414 g/mol. The van der Waals surface area contributed by atoms with E-state index in [-0.39, 0.29) is 24.5 Å². The Morgan fingerprint density at radius 2 is 1.83 bits per heavy atom. The molecular formula is C22H20ClNO5. The Hall–Kier alpha value is -3.12. The van der Waals surface area contributed by atoms with Crippen molar-refractivity contribution in [3.63, 3.8) is 0 Å². The molecule has 1 heterocycles. The number of pyridine rings is 1. The molecule has 0 aliphatic heterocycles. The number of carbonyl (C=O) groups is 2. The van der Waals surface area contributed by atoms with E-state index in [0.717, 1.165) is 0 Å². The lowest BCUT2D eigenvalue weighted by Gasteiger charge is -2.13. The second-order valence-electron chi connectivity index (χ2n) is 6.24. The van der Waals surface area contributed by atoms with Crippen LogP contribution in [0.25, 0.3) is 10.9 Å². The van der Waals surface area contributed by atoms with Crippen molar-refractivity contribution >= 4 is 34.3 Å². The van der Waals surface area contributed by atoms with Crippen LogP contribution in [0.1, 0.15) is 34.6 Å². The molecule has 150 valence electrons. The summed E-state index contributed by atoms with van der Waals surface area (Å²) in [7, 11) is 0. The number of para-hydroxylation sites is 1. The smallest absolute Gasteiger partial charge is 0.343 e. The van der Waals surface area contributed by atoms with Gasteiger partial charge in [0.05, 0.1) is 30.3 Å². The van der Waals surface area contributed by atoms with Gasteiger partial charge in [0.1, 0.15) is 11.3 Å². The molecule has 0 bridgehead atoms. The Balaban J connectivity index is 2.02. The Bertz CT molecular complexity index is 1140. The maximum Gasteiger partial charge on any atom is 0.343 e. The zero-order valence-corrected chi connectivity index (χ0v) is 16.9. The number of benzene rings is 2. The SMILES string of the molecule is CCOC(=O)c1cn(CC(=O)c2ccc(OCC)c(Cl)c2)c2ccccc2c1=O. The van der Waals surface area contributed by atoms with Gasteiger partial charge in [-0.25, -0.2) is 4.79 Å². The number of esters is 1. The van der Waals surface area contributed by atoms with Crippen LogP contribution in [-0.4, -0.2) is 29.5 Å². The van der Waals surface area contributed by atoms with Gasteiger partial charge in [-0.05, 0) is 44.2 Å². The van der Waals surface area contributed by atoms with Gasteiger partial charge in [-0.2, -0.15) is 0 Å². The molecule has 0 amide bonds. The number of aromatic nitrogens is 1. The van der Waals surface area contributed by atoms with Gasteiger partial charge in [0.2, 0.25) is 5.43 Å². The standard InChI is InChI=1S/C22H20ClNO5/c1-3-28-20-10-9-14(11-17(20)23)19(25)13-24-12-16(22(27)29-4-2)21(26)15-7-5-6-8-18(15)24/h5-12H,3-4,13H2,1-2H3. The number of ketones is 1. The van der Waals surface area contributed by atoms with Crippen molar-refractivity contribution < 1.29 is 19.1 Å². The highest BCUT2D eigenvalue weighted by Crippen LogP contribution is 2.26. The van der Waals surface area contributed by atoms with Gasteiger partial charge < -0.3 is 14.0 Å². The molecule has 3 rings (SSSR count). The summed E-state index contributed by atoms with van der Waals surface area (Å²) in [5.41, 5.74) is 0.421. The zero-order chi connectivity index (χ0) is 21.0. The fourth-order valence-electron chi connectivity index (χ4n) is 3.02. The number of halogens is 1. The number of fused-ring (bicyclic) bond motifs is 1. The van der Waals surface area contributed by atoms with Gasteiger partial charge in [0.15, 0.2) is 5.78 Å². The van der Waals surface area contributed by atoms with Crippen molar-refractivity contribution in [1.82, 2.24) is 4.57 Å². The average Bonchev–Trinajstić information content (AvgIpc) is 2.71. The first kappa shape index (κ1) is 20.6. The van der Waals surface area contributed by atoms with Crippen LogP contribution in [0.4, 0.5) is 0 Å². The molecule has 0 fully saturated rings. The summed E-state index contributed by atoms with van der Waals surface area (Å²) in [5, 5.41) is 0.685. The van der Waals surface area contributed by atoms with Crippen molar-refractivity contribution in [3.05, 3.63) is 75.0 Å². The third-order valence-corrected chi connectivity index (χ3v) is 4.65. The van der Waals surface area contributed by atoms with Gasteiger partial charge in [-0.1, -0.05) is 23.7 Å². The summed E-state index contributed by atoms with van der Waals surface area (Å²) >= 11 is 6.19. The third kappa shape index (κ3) is 4.32. The molecule has 0 saturated carbocycles. The molecule has 2 aromatic carbocycles. The van der Waals surface area contributed by atoms with E-state index in [1.807, 2.05) is 6.92 Å².